The highest BCUT2D eigenvalue weighted by molar-refractivity contribution is 7.89. The predicted octanol–water partition coefficient (Wildman–Crippen LogP) is 2.75. The van der Waals surface area contributed by atoms with E-state index in [4.69, 9.17) is 4.74 Å². The van der Waals surface area contributed by atoms with E-state index in [1.54, 1.807) is 32.0 Å². The monoisotopic (exact) mass is 432 g/mol. The first-order valence-electron chi connectivity index (χ1n) is 10.0. The lowest BCUT2D eigenvalue weighted by Gasteiger charge is -2.32. The molecule has 1 fully saturated rings. The van der Waals surface area contributed by atoms with Crippen LogP contribution < -0.4 is 10.1 Å². The number of benzene rings is 2. The first-order valence-corrected chi connectivity index (χ1v) is 11.4. The van der Waals surface area contributed by atoms with Crippen LogP contribution in [0.5, 0.6) is 11.5 Å². The molecule has 30 heavy (non-hydrogen) atoms. The van der Waals surface area contributed by atoms with Crippen molar-refractivity contribution in [3.63, 3.8) is 0 Å². The summed E-state index contributed by atoms with van der Waals surface area (Å²) in [5.41, 5.74) is 1.64. The fourth-order valence-electron chi connectivity index (χ4n) is 3.47. The summed E-state index contributed by atoms with van der Waals surface area (Å²) in [7, 11) is -3.55. The first-order chi connectivity index (χ1) is 14.2. The van der Waals surface area contributed by atoms with E-state index in [0.29, 0.717) is 36.6 Å². The van der Waals surface area contributed by atoms with Gasteiger partial charge in [-0.25, -0.2) is 8.42 Å². The zero-order chi connectivity index (χ0) is 21.9. The van der Waals surface area contributed by atoms with Gasteiger partial charge in [-0.1, -0.05) is 12.1 Å². The SMILES string of the molecule is Cc1ccc(C)c(S(=O)(=O)N2CCC(NC(=O)C(C)Oc3ccc(O)cc3)CC2)c1. The molecule has 0 radical (unpaired) electrons. The summed E-state index contributed by atoms with van der Waals surface area (Å²) < 4.78 is 33.1. The van der Waals surface area contributed by atoms with Crippen LogP contribution >= 0.6 is 0 Å². The molecule has 0 aliphatic carbocycles. The molecule has 2 N–H and O–H groups in total. The number of nitrogens with one attached hydrogen (secondary N) is 1. The second-order valence-electron chi connectivity index (χ2n) is 7.71. The van der Waals surface area contributed by atoms with Gasteiger partial charge in [0.2, 0.25) is 10.0 Å². The molecule has 7 nitrogen and oxygen atoms in total. The third-order valence-electron chi connectivity index (χ3n) is 5.28. The van der Waals surface area contributed by atoms with E-state index in [9.17, 15) is 18.3 Å². The molecular formula is C22H28N2O5S. The summed E-state index contributed by atoms with van der Waals surface area (Å²) in [5.74, 6) is 0.367. The number of hydrogen-bond acceptors (Lipinski definition) is 5. The number of aryl methyl sites for hydroxylation is 2. The van der Waals surface area contributed by atoms with Crippen LogP contribution in [-0.2, 0) is 14.8 Å². The topological polar surface area (TPSA) is 95.9 Å². The number of phenolic OH excluding ortho intramolecular Hbond substituents is 1. The van der Waals surface area contributed by atoms with E-state index in [2.05, 4.69) is 5.32 Å². The Kier molecular flexibility index (Phi) is 6.67. The third-order valence-corrected chi connectivity index (χ3v) is 7.32. The lowest BCUT2D eigenvalue weighted by atomic mass is 10.1. The van der Waals surface area contributed by atoms with E-state index in [1.807, 2.05) is 19.1 Å². The Balaban J connectivity index is 1.55. The molecule has 2 aromatic carbocycles. The van der Waals surface area contributed by atoms with E-state index in [0.717, 1.165) is 11.1 Å². The Hall–Kier alpha value is -2.58. The predicted molar refractivity (Wildman–Crippen MR) is 114 cm³/mol. The number of piperidine rings is 1. The average molecular weight is 433 g/mol. The van der Waals surface area contributed by atoms with Crippen LogP contribution in [0.4, 0.5) is 0 Å². The molecule has 0 saturated carbocycles. The van der Waals surface area contributed by atoms with E-state index < -0.39 is 16.1 Å². The maximum atomic E-state index is 13.0. The second-order valence-corrected chi connectivity index (χ2v) is 9.62. The highest BCUT2D eigenvalue weighted by atomic mass is 32.2. The molecule has 1 saturated heterocycles. The fraction of sp³-hybridized carbons (Fsp3) is 0.409. The molecule has 1 aliphatic rings. The van der Waals surface area contributed by atoms with Crippen molar-refractivity contribution < 1.29 is 23.1 Å². The highest BCUT2D eigenvalue weighted by Crippen LogP contribution is 2.24. The molecule has 1 amide bonds. The Morgan fingerprint density at radius 1 is 1.13 bits per heavy atom. The number of aromatic hydroxyl groups is 1. The average Bonchev–Trinajstić information content (AvgIpc) is 2.71. The van der Waals surface area contributed by atoms with Crippen molar-refractivity contribution in [1.29, 1.82) is 0 Å². The van der Waals surface area contributed by atoms with Crippen molar-refractivity contribution in [2.24, 2.45) is 0 Å². The van der Waals surface area contributed by atoms with Gasteiger partial charge in [-0.05, 0) is 75.1 Å². The number of hydrogen-bond donors (Lipinski definition) is 2. The fourth-order valence-corrected chi connectivity index (χ4v) is 5.25. The minimum atomic E-state index is -3.55. The molecule has 1 aliphatic heterocycles. The van der Waals surface area contributed by atoms with E-state index in [-0.39, 0.29) is 17.7 Å². The van der Waals surface area contributed by atoms with Crippen LogP contribution in [0.2, 0.25) is 0 Å². The van der Waals surface area contributed by atoms with Gasteiger partial charge in [0.1, 0.15) is 11.5 Å². The molecule has 8 heteroatoms. The first kappa shape index (κ1) is 22.1. The van der Waals surface area contributed by atoms with Gasteiger partial charge in [0.15, 0.2) is 6.10 Å². The highest BCUT2D eigenvalue weighted by Gasteiger charge is 2.31. The number of carbonyl (C=O) groups is 1. The Morgan fingerprint density at radius 2 is 1.77 bits per heavy atom. The number of nitrogens with zero attached hydrogens (tertiary/aromatic N) is 1. The van der Waals surface area contributed by atoms with Gasteiger partial charge >= 0.3 is 0 Å². The van der Waals surface area contributed by atoms with Gasteiger partial charge in [-0.2, -0.15) is 4.31 Å². The number of rotatable bonds is 6. The third kappa shape index (κ3) is 5.12. The lowest BCUT2D eigenvalue weighted by molar-refractivity contribution is -0.128. The van der Waals surface area contributed by atoms with Gasteiger partial charge in [0.05, 0.1) is 4.90 Å². The maximum Gasteiger partial charge on any atom is 0.260 e. The van der Waals surface area contributed by atoms with Crippen molar-refractivity contribution in [3.8, 4) is 11.5 Å². The Bertz CT molecular complexity index is 997. The number of sulfonamides is 1. The summed E-state index contributed by atoms with van der Waals surface area (Å²) in [4.78, 5) is 12.8. The molecule has 1 unspecified atom stereocenters. The zero-order valence-corrected chi connectivity index (χ0v) is 18.3. The van der Waals surface area contributed by atoms with Crippen molar-refractivity contribution in [2.45, 2.75) is 50.7 Å². The standard InChI is InChI=1S/C22H28N2O5S/c1-15-4-5-16(2)21(14-15)30(27,28)24-12-10-18(11-13-24)23-22(26)17(3)29-20-8-6-19(25)7-9-20/h4-9,14,17-18,25H,10-13H2,1-3H3,(H,23,26). The van der Waals surface area contributed by atoms with Crippen molar-refractivity contribution in [3.05, 3.63) is 53.6 Å². The second kappa shape index (κ2) is 9.06. The maximum absolute atomic E-state index is 13.0. The van der Waals surface area contributed by atoms with Crippen LogP contribution in [0.3, 0.4) is 0 Å². The van der Waals surface area contributed by atoms with Crippen LogP contribution in [0, 0.1) is 13.8 Å². The van der Waals surface area contributed by atoms with E-state index in [1.165, 1.54) is 16.4 Å². The molecule has 3 rings (SSSR count). The van der Waals surface area contributed by atoms with Gasteiger partial charge in [-0.3, -0.25) is 4.79 Å². The lowest BCUT2D eigenvalue weighted by Crippen LogP contribution is -2.49. The number of ether oxygens (including phenoxy) is 1. The van der Waals surface area contributed by atoms with Crippen LogP contribution in [0.1, 0.15) is 30.9 Å². The molecule has 0 bridgehead atoms. The van der Waals surface area contributed by atoms with Crippen LogP contribution in [0.25, 0.3) is 0 Å². The van der Waals surface area contributed by atoms with Gasteiger partial charge in [0, 0.05) is 19.1 Å². The van der Waals surface area contributed by atoms with Gasteiger partial charge < -0.3 is 15.2 Å². The molecule has 0 spiro atoms. The van der Waals surface area contributed by atoms with Gasteiger partial charge in [-0.15, -0.1) is 0 Å². The largest absolute Gasteiger partial charge is 0.508 e. The van der Waals surface area contributed by atoms with E-state index >= 15 is 0 Å². The normalized spacial score (nSPS) is 16.8. The zero-order valence-electron chi connectivity index (χ0n) is 17.5. The quantitative estimate of drug-likeness (QED) is 0.732. The molecule has 1 heterocycles. The smallest absolute Gasteiger partial charge is 0.260 e. The number of carbonyl (C=O) groups excluding carboxylic acids is 1. The van der Waals surface area contributed by atoms with Crippen LogP contribution in [-0.4, -0.2) is 49.0 Å². The summed E-state index contributed by atoms with van der Waals surface area (Å²) in [6.45, 7) is 6.04. The molecule has 1 atom stereocenters. The minimum Gasteiger partial charge on any atom is -0.508 e. The van der Waals surface area contributed by atoms with Crippen molar-refractivity contribution in [2.75, 3.05) is 13.1 Å². The van der Waals surface area contributed by atoms with Crippen molar-refractivity contribution in [1.82, 2.24) is 9.62 Å². The summed E-state index contributed by atoms with van der Waals surface area (Å²) >= 11 is 0. The molecular weight excluding hydrogens is 404 g/mol. The summed E-state index contributed by atoms with van der Waals surface area (Å²) in [6.07, 6.45) is 0.384. The summed E-state index contributed by atoms with van der Waals surface area (Å²) in [6, 6.07) is 11.5. The molecule has 2 aromatic rings. The Morgan fingerprint density at radius 3 is 2.40 bits per heavy atom. The minimum absolute atomic E-state index is 0.103. The van der Waals surface area contributed by atoms with Crippen LogP contribution in [0.15, 0.2) is 47.4 Å². The molecule has 162 valence electrons. The number of phenols is 1. The Labute approximate surface area is 177 Å². The van der Waals surface area contributed by atoms with Crippen molar-refractivity contribution >= 4 is 15.9 Å². The summed E-state index contributed by atoms with van der Waals surface area (Å²) in [5, 5.41) is 12.3. The van der Waals surface area contributed by atoms with Gasteiger partial charge in [0.25, 0.3) is 5.91 Å². The number of amides is 1. The molecule has 0 aromatic heterocycles.